The molecule has 1 aromatic heterocycles. The Balaban J connectivity index is 1.53. The van der Waals surface area contributed by atoms with Gasteiger partial charge in [0.25, 0.3) is 0 Å². The smallest absolute Gasteiger partial charge is 0.416 e. The van der Waals surface area contributed by atoms with Gasteiger partial charge in [-0.25, -0.2) is 9.78 Å². The van der Waals surface area contributed by atoms with Gasteiger partial charge in [-0.05, 0) is 63.8 Å². The first-order valence-electron chi connectivity index (χ1n) is 10.9. The number of alkyl halides is 3. The van der Waals surface area contributed by atoms with Gasteiger partial charge in [-0.15, -0.1) is 0 Å². The monoisotopic (exact) mass is 471 g/mol. The van der Waals surface area contributed by atoms with E-state index in [9.17, 15) is 18.0 Å². The molecule has 1 fully saturated rings. The second-order valence-electron chi connectivity index (χ2n) is 7.93. The van der Waals surface area contributed by atoms with E-state index in [1.807, 2.05) is 0 Å². The van der Waals surface area contributed by atoms with Crippen molar-refractivity contribution in [1.82, 2.24) is 4.98 Å². The quantitative estimate of drug-likeness (QED) is 0.521. The van der Waals surface area contributed by atoms with Crippen LogP contribution in [0.15, 0.2) is 28.7 Å². The molecule has 0 radical (unpaired) electrons. The lowest BCUT2D eigenvalue weighted by molar-refractivity contribution is -0.157. The first kappa shape index (κ1) is 25.2. The second kappa shape index (κ2) is 11.1. The molecule has 1 aliphatic rings. The predicted molar refractivity (Wildman–Crippen MR) is 112 cm³/mol. The van der Waals surface area contributed by atoms with Crippen molar-refractivity contribution in [3.05, 3.63) is 41.3 Å². The molecule has 0 spiro atoms. The third-order valence-corrected chi connectivity index (χ3v) is 5.51. The highest BCUT2D eigenvalue weighted by Gasteiger charge is 2.30. The number of hydrogen-bond donors (Lipinski definition) is 1. The van der Waals surface area contributed by atoms with Crippen molar-refractivity contribution < 1.29 is 41.7 Å². The van der Waals surface area contributed by atoms with Crippen molar-refractivity contribution >= 4 is 5.97 Å². The summed E-state index contributed by atoms with van der Waals surface area (Å²) in [4.78, 5) is 15.6. The number of carboxylic acid groups (broad SMARTS) is 1. The standard InChI is InChI=1S/C23H28F3NO6/c1-3-30-20(22(28)29)13-32-18-6-4-5-17(11-18)31-12-19-14(2)33-21(27-19)15-7-9-16(10-8-15)23(24,25)26/h7-10,17-18,20H,3-6,11-13H2,1-2H3,(H,28,29)/t17-,18+,20?/m0/s1. The van der Waals surface area contributed by atoms with Gasteiger partial charge >= 0.3 is 12.1 Å². The number of benzene rings is 1. The predicted octanol–water partition coefficient (Wildman–Crippen LogP) is 5.00. The maximum absolute atomic E-state index is 12.8. The number of ether oxygens (including phenoxy) is 3. The largest absolute Gasteiger partial charge is 0.479 e. The summed E-state index contributed by atoms with van der Waals surface area (Å²) in [7, 11) is 0. The van der Waals surface area contributed by atoms with Crippen LogP contribution in [0.2, 0.25) is 0 Å². The Bertz CT molecular complexity index is 912. The molecule has 0 saturated heterocycles. The van der Waals surface area contributed by atoms with Crippen LogP contribution in [0.3, 0.4) is 0 Å². The fourth-order valence-electron chi connectivity index (χ4n) is 3.70. The number of carbonyl (C=O) groups is 1. The maximum atomic E-state index is 12.8. The number of carboxylic acids is 1. The first-order chi connectivity index (χ1) is 15.7. The Morgan fingerprint density at radius 3 is 2.48 bits per heavy atom. The fourth-order valence-corrected chi connectivity index (χ4v) is 3.70. The summed E-state index contributed by atoms with van der Waals surface area (Å²) in [6.45, 7) is 3.94. The van der Waals surface area contributed by atoms with Crippen LogP contribution in [0.1, 0.15) is 49.6 Å². The Hall–Kier alpha value is -2.43. The Kier molecular flexibility index (Phi) is 8.50. The zero-order valence-corrected chi connectivity index (χ0v) is 18.6. The summed E-state index contributed by atoms with van der Waals surface area (Å²) >= 11 is 0. The minimum absolute atomic E-state index is 0.0144. The molecule has 1 N–H and O–H groups in total. The number of halogens is 3. The molecular weight excluding hydrogens is 443 g/mol. The van der Waals surface area contributed by atoms with E-state index in [2.05, 4.69) is 4.98 Å². The first-order valence-corrected chi connectivity index (χ1v) is 10.9. The van der Waals surface area contributed by atoms with E-state index in [-0.39, 0.29) is 31.3 Å². The summed E-state index contributed by atoms with van der Waals surface area (Å²) < 4.78 is 60.8. The third-order valence-electron chi connectivity index (χ3n) is 5.51. The van der Waals surface area contributed by atoms with E-state index in [1.54, 1.807) is 13.8 Å². The van der Waals surface area contributed by atoms with Crippen molar-refractivity contribution in [3.63, 3.8) is 0 Å². The third kappa shape index (κ3) is 7.02. The van der Waals surface area contributed by atoms with Crippen LogP contribution in [0.4, 0.5) is 13.2 Å². The summed E-state index contributed by atoms with van der Waals surface area (Å²) in [5.74, 6) is -0.277. The van der Waals surface area contributed by atoms with E-state index in [4.69, 9.17) is 23.7 Å². The molecule has 1 aliphatic carbocycles. The highest BCUT2D eigenvalue weighted by Crippen LogP contribution is 2.31. The number of nitrogens with zero attached hydrogens (tertiary/aromatic N) is 1. The summed E-state index contributed by atoms with van der Waals surface area (Å²) in [5, 5.41) is 9.16. The normalized spacial score (nSPS) is 20.0. The highest BCUT2D eigenvalue weighted by atomic mass is 19.4. The number of rotatable bonds is 10. The molecule has 2 aromatic rings. The molecule has 7 nitrogen and oxygen atoms in total. The summed E-state index contributed by atoms with van der Waals surface area (Å²) in [6.07, 6.45) is -2.41. The van der Waals surface area contributed by atoms with Crippen LogP contribution in [-0.4, -0.2) is 47.6 Å². The lowest BCUT2D eigenvalue weighted by Crippen LogP contribution is -2.34. The van der Waals surface area contributed by atoms with Crippen LogP contribution >= 0.6 is 0 Å². The van der Waals surface area contributed by atoms with E-state index < -0.39 is 23.8 Å². The van der Waals surface area contributed by atoms with Gasteiger partial charge in [0.1, 0.15) is 11.5 Å². The van der Waals surface area contributed by atoms with Crippen molar-refractivity contribution in [3.8, 4) is 11.5 Å². The van der Waals surface area contributed by atoms with Crippen molar-refractivity contribution in [2.45, 2.75) is 70.6 Å². The molecule has 0 aliphatic heterocycles. The number of oxazole rings is 1. The molecule has 1 saturated carbocycles. The fraction of sp³-hybridized carbons (Fsp3) is 0.565. The minimum atomic E-state index is -4.40. The molecule has 3 atom stereocenters. The van der Waals surface area contributed by atoms with Gasteiger partial charge in [-0.2, -0.15) is 13.2 Å². The maximum Gasteiger partial charge on any atom is 0.416 e. The average Bonchev–Trinajstić information content (AvgIpc) is 3.15. The highest BCUT2D eigenvalue weighted by molar-refractivity contribution is 5.72. The Morgan fingerprint density at radius 2 is 1.88 bits per heavy atom. The Morgan fingerprint density at radius 1 is 1.21 bits per heavy atom. The molecule has 1 aromatic carbocycles. The number of aromatic nitrogens is 1. The molecule has 3 rings (SSSR count). The van der Waals surface area contributed by atoms with Gasteiger partial charge in [-0.1, -0.05) is 0 Å². The van der Waals surface area contributed by atoms with Crippen LogP contribution in [0.5, 0.6) is 0 Å². The topological polar surface area (TPSA) is 91.0 Å². The van der Waals surface area contributed by atoms with Gasteiger partial charge in [0.15, 0.2) is 6.10 Å². The van der Waals surface area contributed by atoms with E-state index in [1.165, 1.54) is 12.1 Å². The van der Waals surface area contributed by atoms with Gasteiger partial charge < -0.3 is 23.7 Å². The summed E-state index contributed by atoms with van der Waals surface area (Å²) in [6, 6.07) is 4.64. The molecular formula is C23H28F3NO6. The molecule has 33 heavy (non-hydrogen) atoms. The summed E-state index contributed by atoms with van der Waals surface area (Å²) in [5.41, 5.74) is 0.295. The van der Waals surface area contributed by atoms with E-state index in [0.29, 0.717) is 30.0 Å². The van der Waals surface area contributed by atoms with E-state index in [0.717, 1.165) is 31.4 Å². The van der Waals surface area contributed by atoms with Crippen molar-refractivity contribution in [2.24, 2.45) is 0 Å². The van der Waals surface area contributed by atoms with Crippen LogP contribution in [-0.2, 0) is 31.8 Å². The van der Waals surface area contributed by atoms with Crippen LogP contribution in [0, 0.1) is 6.92 Å². The molecule has 1 heterocycles. The average molecular weight is 471 g/mol. The van der Waals surface area contributed by atoms with Crippen molar-refractivity contribution in [2.75, 3.05) is 13.2 Å². The molecule has 0 amide bonds. The van der Waals surface area contributed by atoms with Gasteiger partial charge in [0.2, 0.25) is 5.89 Å². The van der Waals surface area contributed by atoms with Crippen LogP contribution in [0.25, 0.3) is 11.5 Å². The molecule has 0 bridgehead atoms. The number of aliphatic carboxylic acids is 1. The Labute approximate surface area is 189 Å². The zero-order valence-electron chi connectivity index (χ0n) is 18.6. The zero-order chi connectivity index (χ0) is 24.0. The minimum Gasteiger partial charge on any atom is -0.479 e. The number of hydrogen-bond acceptors (Lipinski definition) is 6. The lowest BCUT2D eigenvalue weighted by Gasteiger charge is -2.29. The van der Waals surface area contributed by atoms with Gasteiger partial charge in [0, 0.05) is 12.2 Å². The van der Waals surface area contributed by atoms with E-state index >= 15 is 0 Å². The van der Waals surface area contributed by atoms with Crippen molar-refractivity contribution in [1.29, 1.82) is 0 Å². The lowest BCUT2D eigenvalue weighted by atomic mass is 9.95. The number of aryl methyl sites for hydroxylation is 1. The molecule has 182 valence electrons. The van der Waals surface area contributed by atoms with Gasteiger partial charge in [0.05, 0.1) is 31.0 Å². The SMILES string of the molecule is CCOC(CO[C@@H]1CCC[C@H](OCc2nc(-c3ccc(C(F)(F)F)cc3)oc2C)C1)C(=O)O. The molecule has 10 heteroatoms. The van der Waals surface area contributed by atoms with Gasteiger partial charge in [-0.3, -0.25) is 0 Å². The second-order valence-corrected chi connectivity index (χ2v) is 7.93. The van der Waals surface area contributed by atoms with Crippen LogP contribution < -0.4 is 0 Å². The molecule has 1 unspecified atom stereocenters.